The van der Waals surface area contributed by atoms with Crippen molar-refractivity contribution in [3.8, 4) is 0 Å². The van der Waals surface area contributed by atoms with E-state index in [4.69, 9.17) is 0 Å². The lowest BCUT2D eigenvalue weighted by Crippen LogP contribution is -2.37. The summed E-state index contributed by atoms with van der Waals surface area (Å²) in [5.74, 6) is 0.381. The summed E-state index contributed by atoms with van der Waals surface area (Å²) >= 11 is 1.75. The van der Waals surface area contributed by atoms with Gasteiger partial charge < -0.3 is 15.1 Å². The lowest BCUT2D eigenvalue weighted by atomic mass is 10.1. The molecule has 0 aliphatic carbocycles. The summed E-state index contributed by atoms with van der Waals surface area (Å²) in [7, 11) is 3.82. The minimum Gasteiger partial charge on any atom is -0.354 e. The third kappa shape index (κ3) is 5.58. The highest BCUT2D eigenvalue weighted by Crippen LogP contribution is 2.34. The van der Waals surface area contributed by atoms with E-state index >= 15 is 0 Å². The van der Waals surface area contributed by atoms with Crippen LogP contribution in [0.1, 0.15) is 24.4 Å². The molecule has 29 heavy (non-hydrogen) atoms. The van der Waals surface area contributed by atoms with E-state index in [0.29, 0.717) is 13.1 Å². The first-order chi connectivity index (χ1) is 14.0. The zero-order valence-corrected chi connectivity index (χ0v) is 17.5. The first-order valence-corrected chi connectivity index (χ1v) is 10.6. The van der Waals surface area contributed by atoms with Crippen LogP contribution in [-0.4, -0.2) is 49.7 Å². The van der Waals surface area contributed by atoms with Crippen molar-refractivity contribution >= 4 is 29.3 Å². The zero-order chi connectivity index (χ0) is 20.8. The van der Waals surface area contributed by atoms with Crippen LogP contribution in [0.4, 0.5) is 10.1 Å². The summed E-state index contributed by atoms with van der Waals surface area (Å²) in [4.78, 5) is 29.8. The van der Waals surface area contributed by atoms with Crippen molar-refractivity contribution in [3.63, 3.8) is 0 Å². The summed E-state index contributed by atoms with van der Waals surface area (Å²) in [6.45, 7) is 1.06. The van der Waals surface area contributed by atoms with Crippen molar-refractivity contribution in [2.75, 3.05) is 37.8 Å². The smallest absolute Gasteiger partial charge is 0.227 e. The van der Waals surface area contributed by atoms with Gasteiger partial charge in [0.05, 0.1) is 11.7 Å². The molecule has 0 radical (unpaired) electrons. The molecule has 5 nitrogen and oxygen atoms in total. The summed E-state index contributed by atoms with van der Waals surface area (Å²) in [6.07, 6.45) is 0.322. The number of nitrogens with zero attached hydrogens (tertiary/aromatic N) is 2. The molecule has 0 aromatic heterocycles. The number of thioether (sulfide) groups is 1. The van der Waals surface area contributed by atoms with Gasteiger partial charge in [0.1, 0.15) is 5.82 Å². The minimum absolute atomic E-state index is 0.0319. The molecule has 2 amide bonds. The molecule has 1 atom stereocenters. The Morgan fingerprint density at radius 1 is 1.14 bits per heavy atom. The molecule has 1 aliphatic rings. The van der Waals surface area contributed by atoms with Crippen LogP contribution in [0.2, 0.25) is 0 Å². The normalized spacial score (nSPS) is 14.4. The number of fused-ring (bicyclic) bond motifs is 1. The number of nitrogens with one attached hydrogen (secondary N) is 1. The number of benzene rings is 2. The van der Waals surface area contributed by atoms with E-state index in [1.165, 1.54) is 12.1 Å². The SMILES string of the molecule is CN(C)C(CNC(=O)CCC(=O)N1CCSc2ccccc21)c1ccc(F)cc1. The summed E-state index contributed by atoms with van der Waals surface area (Å²) in [6, 6.07) is 14.1. The van der Waals surface area contributed by atoms with E-state index in [-0.39, 0.29) is 36.5 Å². The van der Waals surface area contributed by atoms with Crippen molar-refractivity contribution in [2.24, 2.45) is 0 Å². The van der Waals surface area contributed by atoms with E-state index in [0.717, 1.165) is 21.9 Å². The predicted octanol–water partition coefficient (Wildman–Crippen LogP) is 3.46. The van der Waals surface area contributed by atoms with Crippen molar-refractivity contribution in [3.05, 3.63) is 59.9 Å². The number of rotatable bonds is 7. The third-order valence-electron chi connectivity index (χ3n) is 4.97. The van der Waals surface area contributed by atoms with E-state index in [1.54, 1.807) is 28.8 Å². The molecule has 154 valence electrons. The molecule has 2 aromatic rings. The second-order valence-electron chi connectivity index (χ2n) is 7.20. The average Bonchev–Trinajstić information content (AvgIpc) is 2.72. The van der Waals surface area contributed by atoms with E-state index in [9.17, 15) is 14.0 Å². The number of para-hydroxylation sites is 1. The molecule has 3 rings (SSSR count). The number of hydrogen-bond acceptors (Lipinski definition) is 4. The highest BCUT2D eigenvalue weighted by Gasteiger charge is 2.23. The Bertz CT molecular complexity index is 857. The molecule has 1 unspecified atom stereocenters. The summed E-state index contributed by atoms with van der Waals surface area (Å²) in [5.41, 5.74) is 1.85. The Morgan fingerprint density at radius 3 is 2.59 bits per heavy atom. The summed E-state index contributed by atoms with van der Waals surface area (Å²) in [5, 5.41) is 2.91. The number of anilines is 1. The van der Waals surface area contributed by atoms with Gasteiger partial charge in [-0.2, -0.15) is 0 Å². The molecule has 0 bridgehead atoms. The third-order valence-corrected chi connectivity index (χ3v) is 6.01. The fourth-order valence-corrected chi connectivity index (χ4v) is 4.36. The Kier molecular flexibility index (Phi) is 7.28. The predicted molar refractivity (Wildman–Crippen MR) is 115 cm³/mol. The van der Waals surface area contributed by atoms with E-state index in [1.807, 2.05) is 43.3 Å². The molecular weight excluding hydrogens is 389 g/mol. The van der Waals surface area contributed by atoms with Crippen molar-refractivity contribution in [1.82, 2.24) is 10.2 Å². The fourth-order valence-electron chi connectivity index (χ4n) is 3.37. The van der Waals surface area contributed by atoms with Crippen LogP contribution in [-0.2, 0) is 9.59 Å². The Morgan fingerprint density at radius 2 is 1.86 bits per heavy atom. The molecular formula is C22H26FN3O2S. The second-order valence-corrected chi connectivity index (χ2v) is 8.33. The minimum atomic E-state index is -0.286. The summed E-state index contributed by atoms with van der Waals surface area (Å²) < 4.78 is 13.2. The molecule has 0 fully saturated rings. The second kappa shape index (κ2) is 9.89. The van der Waals surface area contributed by atoms with E-state index in [2.05, 4.69) is 5.32 Å². The topological polar surface area (TPSA) is 52.7 Å². The van der Waals surface area contributed by atoms with Crippen LogP contribution in [0.15, 0.2) is 53.4 Å². The maximum absolute atomic E-state index is 13.2. The van der Waals surface area contributed by atoms with Gasteiger partial charge in [0.2, 0.25) is 11.8 Å². The van der Waals surface area contributed by atoms with Gasteiger partial charge in [-0.3, -0.25) is 9.59 Å². The number of carbonyl (C=O) groups is 2. The highest BCUT2D eigenvalue weighted by atomic mass is 32.2. The number of carbonyl (C=O) groups excluding carboxylic acids is 2. The first kappa shape index (κ1) is 21.3. The number of hydrogen-bond donors (Lipinski definition) is 1. The maximum atomic E-state index is 13.2. The molecule has 0 spiro atoms. The van der Waals surface area contributed by atoms with Gasteiger partial charge in [-0.05, 0) is 43.9 Å². The van der Waals surface area contributed by atoms with Crippen LogP contribution in [0.25, 0.3) is 0 Å². The standard InChI is InChI=1S/C22H26FN3O2S/c1-25(2)19(16-7-9-17(23)10-8-16)15-24-21(27)11-12-22(28)26-13-14-29-20-6-4-3-5-18(20)26/h3-10,19H,11-15H2,1-2H3,(H,24,27). The highest BCUT2D eigenvalue weighted by molar-refractivity contribution is 7.99. The van der Waals surface area contributed by atoms with Crippen LogP contribution >= 0.6 is 11.8 Å². The van der Waals surface area contributed by atoms with Gasteiger partial charge in [0, 0.05) is 36.6 Å². The lowest BCUT2D eigenvalue weighted by Gasteiger charge is -2.29. The monoisotopic (exact) mass is 415 g/mol. The molecule has 2 aromatic carbocycles. The van der Waals surface area contributed by atoms with Gasteiger partial charge in [-0.15, -0.1) is 11.8 Å². The maximum Gasteiger partial charge on any atom is 0.227 e. The van der Waals surface area contributed by atoms with Gasteiger partial charge in [0.15, 0.2) is 0 Å². The van der Waals surface area contributed by atoms with Crippen LogP contribution < -0.4 is 10.2 Å². The van der Waals surface area contributed by atoms with Crippen molar-refractivity contribution in [2.45, 2.75) is 23.8 Å². The molecule has 7 heteroatoms. The van der Waals surface area contributed by atoms with Gasteiger partial charge in [-0.1, -0.05) is 24.3 Å². The molecule has 1 aliphatic heterocycles. The Balaban J connectivity index is 1.52. The molecule has 0 saturated carbocycles. The van der Waals surface area contributed by atoms with Crippen molar-refractivity contribution < 1.29 is 14.0 Å². The van der Waals surface area contributed by atoms with Gasteiger partial charge in [-0.25, -0.2) is 4.39 Å². The van der Waals surface area contributed by atoms with E-state index < -0.39 is 0 Å². The van der Waals surface area contributed by atoms with Gasteiger partial charge >= 0.3 is 0 Å². The van der Waals surface area contributed by atoms with Crippen molar-refractivity contribution in [1.29, 1.82) is 0 Å². The quantitative estimate of drug-likeness (QED) is 0.753. The largest absolute Gasteiger partial charge is 0.354 e. The lowest BCUT2D eigenvalue weighted by molar-refractivity contribution is -0.125. The number of likely N-dealkylation sites (N-methyl/N-ethyl adjacent to an activating group) is 1. The fraction of sp³-hybridized carbons (Fsp3) is 0.364. The molecule has 1 N–H and O–H groups in total. The van der Waals surface area contributed by atoms with Crippen LogP contribution in [0.3, 0.4) is 0 Å². The number of halogens is 1. The Hall–Kier alpha value is -2.38. The average molecular weight is 416 g/mol. The first-order valence-electron chi connectivity index (χ1n) is 9.66. The Labute approximate surface area is 175 Å². The van der Waals surface area contributed by atoms with Crippen LogP contribution in [0.5, 0.6) is 0 Å². The zero-order valence-electron chi connectivity index (χ0n) is 16.7. The van der Waals surface area contributed by atoms with Crippen LogP contribution in [0, 0.1) is 5.82 Å². The number of amides is 2. The molecule has 0 saturated heterocycles. The molecule has 1 heterocycles. The van der Waals surface area contributed by atoms with Gasteiger partial charge in [0.25, 0.3) is 0 Å².